The van der Waals surface area contributed by atoms with E-state index >= 15 is 0 Å². The highest BCUT2D eigenvalue weighted by Crippen LogP contribution is 2.29. The zero-order chi connectivity index (χ0) is 21.0. The van der Waals surface area contributed by atoms with Gasteiger partial charge in [-0.05, 0) is 48.5 Å². The Morgan fingerprint density at radius 3 is 2.45 bits per heavy atom. The molecule has 0 aliphatic rings. The van der Waals surface area contributed by atoms with Gasteiger partial charge in [0.05, 0.1) is 20.9 Å². The smallest absolute Gasteiger partial charge is 0.263 e. The van der Waals surface area contributed by atoms with Gasteiger partial charge in [0.15, 0.2) is 4.34 Å². The minimum absolute atomic E-state index is 0. The minimum Gasteiger partial charge on any atom is -0.325 e. The number of sulfonamides is 1. The number of hydrogen-bond donors (Lipinski definition) is 2. The largest absolute Gasteiger partial charge is 0.325 e. The van der Waals surface area contributed by atoms with Crippen molar-refractivity contribution in [2.24, 2.45) is 0 Å². The van der Waals surface area contributed by atoms with Crippen LogP contribution in [0, 0.1) is 0 Å². The number of benzene rings is 2. The summed E-state index contributed by atoms with van der Waals surface area (Å²) >= 11 is 2.91. The summed E-state index contributed by atoms with van der Waals surface area (Å²) in [7, 11) is -3.75. The highest BCUT2D eigenvalue weighted by molar-refractivity contribution is 8.01. The lowest BCUT2D eigenvalue weighted by Gasteiger charge is -2.08. The SMILES string of the molecule is Cl.O=C(CSc1nc2ccccc2s1)Nc1ccc(S(=O)(=O)Nc2ccccn2)cc1. The summed E-state index contributed by atoms with van der Waals surface area (Å²) in [5.74, 6) is 0.254. The normalized spacial score (nSPS) is 11.0. The van der Waals surface area contributed by atoms with E-state index in [-0.39, 0.29) is 34.8 Å². The number of para-hydroxylation sites is 1. The van der Waals surface area contributed by atoms with Gasteiger partial charge in [-0.1, -0.05) is 30.0 Å². The van der Waals surface area contributed by atoms with Gasteiger partial charge >= 0.3 is 0 Å². The Bertz CT molecular complexity index is 1250. The average molecular weight is 493 g/mol. The molecular weight excluding hydrogens is 476 g/mol. The van der Waals surface area contributed by atoms with Gasteiger partial charge in [0.1, 0.15) is 5.82 Å². The van der Waals surface area contributed by atoms with Crippen molar-refractivity contribution in [2.75, 3.05) is 15.8 Å². The number of hydrogen-bond acceptors (Lipinski definition) is 7. The predicted molar refractivity (Wildman–Crippen MR) is 128 cm³/mol. The number of aromatic nitrogens is 2. The zero-order valence-corrected chi connectivity index (χ0v) is 19.2. The Labute approximate surface area is 193 Å². The standard InChI is InChI=1S/C20H16N4O3S3.ClH/c25-19(13-28-20-23-16-5-1-2-6-17(16)29-20)22-14-8-10-15(11-9-14)30(26,27)24-18-7-3-4-12-21-18;/h1-12H,13H2,(H,21,24)(H,22,25);1H. The molecule has 0 saturated carbocycles. The molecule has 0 saturated heterocycles. The molecule has 2 aromatic carbocycles. The van der Waals surface area contributed by atoms with Crippen LogP contribution in [-0.4, -0.2) is 30.0 Å². The van der Waals surface area contributed by atoms with Gasteiger partial charge in [-0.15, -0.1) is 23.7 Å². The topological polar surface area (TPSA) is 101 Å². The minimum atomic E-state index is -3.75. The quantitative estimate of drug-likeness (QED) is 0.364. The lowest BCUT2D eigenvalue weighted by Crippen LogP contribution is -2.15. The molecule has 7 nitrogen and oxygen atoms in total. The van der Waals surface area contributed by atoms with E-state index in [1.165, 1.54) is 30.1 Å². The summed E-state index contributed by atoms with van der Waals surface area (Å²) in [5.41, 5.74) is 1.43. The summed E-state index contributed by atoms with van der Waals surface area (Å²) in [4.78, 5) is 20.7. The first-order valence-electron chi connectivity index (χ1n) is 8.82. The third-order valence-electron chi connectivity index (χ3n) is 3.95. The molecule has 0 fully saturated rings. The molecule has 0 unspecified atom stereocenters. The number of thiazole rings is 1. The molecule has 160 valence electrons. The first-order valence-corrected chi connectivity index (χ1v) is 12.1. The molecule has 4 rings (SSSR count). The van der Waals surface area contributed by atoms with Crippen molar-refractivity contribution in [2.45, 2.75) is 9.24 Å². The van der Waals surface area contributed by atoms with Crippen molar-refractivity contribution in [3.05, 3.63) is 72.9 Å². The summed E-state index contributed by atoms with van der Waals surface area (Å²) < 4.78 is 29.2. The van der Waals surface area contributed by atoms with Crippen LogP contribution in [0.2, 0.25) is 0 Å². The number of carbonyl (C=O) groups excluding carboxylic acids is 1. The third kappa shape index (κ3) is 5.95. The molecule has 0 aliphatic heterocycles. The Kier molecular flexibility index (Phi) is 7.50. The number of nitrogens with one attached hydrogen (secondary N) is 2. The van der Waals surface area contributed by atoms with Gasteiger partial charge in [-0.3, -0.25) is 9.52 Å². The lowest BCUT2D eigenvalue weighted by atomic mass is 10.3. The monoisotopic (exact) mass is 492 g/mol. The van der Waals surface area contributed by atoms with Gasteiger partial charge in [-0.25, -0.2) is 18.4 Å². The van der Waals surface area contributed by atoms with Crippen LogP contribution in [-0.2, 0) is 14.8 Å². The third-order valence-corrected chi connectivity index (χ3v) is 7.50. The highest BCUT2D eigenvalue weighted by Gasteiger charge is 2.15. The van der Waals surface area contributed by atoms with Crippen LogP contribution in [0.15, 0.2) is 82.2 Å². The molecule has 2 heterocycles. The van der Waals surface area contributed by atoms with Crippen LogP contribution in [0.5, 0.6) is 0 Å². The number of carbonyl (C=O) groups is 1. The Hall–Kier alpha value is -2.66. The Balaban J connectivity index is 0.00000272. The van der Waals surface area contributed by atoms with E-state index in [1.54, 1.807) is 41.7 Å². The van der Waals surface area contributed by atoms with E-state index in [2.05, 4.69) is 20.0 Å². The van der Waals surface area contributed by atoms with E-state index in [9.17, 15) is 13.2 Å². The fourth-order valence-electron chi connectivity index (χ4n) is 2.57. The van der Waals surface area contributed by atoms with Crippen molar-refractivity contribution in [3.8, 4) is 0 Å². The summed E-state index contributed by atoms with van der Waals surface area (Å²) in [6, 6.07) is 18.7. The molecule has 2 N–H and O–H groups in total. The molecule has 0 radical (unpaired) electrons. The van der Waals surface area contributed by atoms with Gasteiger partial charge in [0, 0.05) is 11.9 Å². The fourth-order valence-corrected chi connectivity index (χ4v) is 5.45. The van der Waals surface area contributed by atoms with Gasteiger partial charge in [0.25, 0.3) is 10.0 Å². The van der Waals surface area contributed by atoms with E-state index in [0.29, 0.717) is 5.69 Å². The van der Waals surface area contributed by atoms with Crippen molar-refractivity contribution >= 4 is 73.2 Å². The van der Waals surface area contributed by atoms with Gasteiger partial charge < -0.3 is 5.32 Å². The van der Waals surface area contributed by atoms with E-state index in [4.69, 9.17) is 0 Å². The number of halogens is 1. The second-order valence-electron chi connectivity index (χ2n) is 6.13. The maximum absolute atomic E-state index is 12.4. The molecule has 0 spiro atoms. The number of pyridine rings is 1. The number of fused-ring (bicyclic) bond motifs is 1. The Morgan fingerprint density at radius 2 is 1.74 bits per heavy atom. The predicted octanol–water partition coefficient (Wildman–Crippen LogP) is 4.64. The van der Waals surface area contributed by atoms with Crippen LogP contribution < -0.4 is 10.0 Å². The maximum atomic E-state index is 12.4. The van der Waals surface area contributed by atoms with Gasteiger partial charge in [-0.2, -0.15) is 0 Å². The Morgan fingerprint density at radius 1 is 1.00 bits per heavy atom. The van der Waals surface area contributed by atoms with Crippen LogP contribution in [0.25, 0.3) is 10.2 Å². The van der Waals surface area contributed by atoms with E-state index in [0.717, 1.165) is 14.6 Å². The van der Waals surface area contributed by atoms with E-state index in [1.807, 2.05) is 24.3 Å². The molecule has 4 aromatic rings. The van der Waals surface area contributed by atoms with Crippen molar-refractivity contribution in [1.82, 2.24) is 9.97 Å². The molecule has 0 bridgehead atoms. The van der Waals surface area contributed by atoms with Crippen LogP contribution in [0.1, 0.15) is 0 Å². The number of rotatable bonds is 7. The molecule has 1 amide bonds. The van der Waals surface area contributed by atoms with Crippen LogP contribution in [0.3, 0.4) is 0 Å². The average Bonchev–Trinajstić information content (AvgIpc) is 3.16. The van der Waals surface area contributed by atoms with E-state index < -0.39 is 10.0 Å². The molecule has 0 atom stereocenters. The number of nitrogens with zero attached hydrogens (tertiary/aromatic N) is 2. The first kappa shape index (κ1) is 23.0. The maximum Gasteiger partial charge on any atom is 0.263 e. The lowest BCUT2D eigenvalue weighted by molar-refractivity contribution is -0.113. The fraction of sp³-hybridized carbons (Fsp3) is 0.0500. The first-order chi connectivity index (χ1) is 14.5. The number of anilines is 2. The van der Waals surface area contributed by atoms with Gasteiger partial charge in [0.2, 0.25) is 5.91 Å². The molecular formula is C20H17ClN4O3S3. The summed E-state index contributed by atoms with van der Waals surface area (Å²) in [6.07, 6.45) is 1.50. The molecule has 0 aliphatic carbocycles. The molecule has 11 heteroatoms. The second-order valence-corrected chi connectivity index (χ2v) is 10.1. The number of amides is 1. The van der Waals surface area contributed by atoms with Crippen molar-refractivity contribution < 1.29 is 13.2 Å². The highest BCUT2D eigenvalue weighted by atomic mass is 35.5. The van der Waals surface area contributed by atoms with Crippen LogP contribution in [0.4, 0.5) is 11.5 Å². The molecule has 2 aromatic heterocycles. The summed E-state index contributed by atoms with van der Waals surface area (Å²) in [5, 5.41) is 2.76. The summed E-state index contributed by atoms with van der Waals surface area (Å²) in [6.45, 7) is 0. The van der Waals surface area contributed by atoms with Crippen molar-refractivity contribution in [3.63, 3.8) is 0 Å². The second kappa shape index (κ2) is 10.1. The number of thioether (sulfide) groups is 1. The van der Waals surface area contributed by atoms with Crippen LogP contribution >= 0.6 is 35.5 Å². The van der Waals surface area contributed by atoms with Crippen molar-refractivity contribution in [1.29, 1.82) is 0 Å². The molecule has 31 heavy (non-hydrogen) atoms. The zero-order valence-electron chi connectivity index (χ0n) is 15.9.